The molecule has 0 saturated heterocycles. The number of carbonyl (C=O) groups excluding carboxylic acids is 1. The molecule has 106 valence electrons. The van der Waals surface area contributed by atoms with Crippen molar-refractivity contribution in [1.29, 1.82) is 0 Å². The molecule has 0 bridgehead atoms. The van der Waals surface area contributed by atoms with Crippen molar-refractivity contribution in [3.05, 3.63) is 35.9 Å². The summed E-state index contributed by atoms with van der Waals surface area (Å²) in [6.45, 7) is 6.76. The Hall–Kier alpha value is -1.42. The molecule has 2 atom stereocenters. The van der Waals surface area contributed by atoms with Gasteiger partial charge in [-0.15, -0.1) is 0 Å². The molecule has 19 heavy (non-hydrogen) atoms. The predicted molar refractivity (Wildman–Crippen MR) is 73.3 cm³/mol. The van der Waals surface area contributed by atoms with Crippen LogP contribution >= 0.6 is 0 Å². The summed E-state index contributed by atoms with van der Waals surface area (Å²) in [5.41, 5.74) is 4.43. The maximum absolute atomic E-state index is 14.1. The second-order valence-corrected chi connectivity index (χ2v) is 6.00. The van der Waals surface area contributed by atoms with Gasteiger partial charge in [0.25, 0.3) is 0 Å². The summed E-state index contributed by atoms with van der Waals surface area (Å²) in [7, 11) is 0. The van der Waals surface area contributed by atoms with E-state index in [1.807, 2.05) is 6.07 Å². The Kier molecular flexibility index (Phi) is 4.69. The summed E-state index contributed by atoms with van der Waals surface area (Å²) < 4.78 is 19.3. The summed E-state index contributed by atoms with van der Waals surface area (Å²) >= 11 is 0. The SMILES string of the molecule is CC(C)(C)OC(=O)C(C)(N)CC(F)c1ccccc1. The third-order valence-corrected chi connectivity index (χ3v) is 2.63. The van der Waals surface area contributed by atoms with Crippen molar-refractivity contribution in [3.63, 3.8) is 0 Å². The van der Waals surface area contributed by atoms with E-state index in [1.165, 1.54) is 6.92 Å². The van der Waals surface area contributed by atoms with Crippen LogP contribution in [-0.4, -0.2) is 17.1 Å². The minimum atomic E-state index is -1.34. The maximum Gasteiger partial charge on any atom is 0.326 e. The van der Waals surface area contributed by atoms with Gasteiger partial charge in [0.2, 0.25) is 0 Å². The van der Waals surface area contributed by atoms with Crippen molar-refractivity contribution in [1.82, 2.24) is 0 Å². The standard InChI is InChI=1S/C15H22FNO2/c1-14(2,3)19-13(18)15(4,17)10-12(16)11-8-6-5-7-9-11/h5-9,12H,10,17H2,1-4H3. The Morgan fingerprint density at radius 2 is 1.79 bits per heavy atom. The Balaban J connectivity index is 2.71. The summed E-state index contributed by atoms with van der Waals surface area (Å²) in [5, 5.41) is 0. The highest BCUT2D eigenvalue weighted by Gasteiger charge is 2.36. The third kappa shape index (κ3) is 4.99. The van der Waals surface area contributed by atoms with Crippen molar-refractivity contribution in [2.75, 3.05) is 0 Å². The quantitative estimate of drug-likeness (QED) is 0.853. The highest BCUT2D eigenvalue weighted by molar-refractivity contribution is 5.80. The topological polar surface area (TPSA) is 52.3 Å². The van der Waals surface area contributed by atoms with Gasteiger partial charge in [0, 0.05) is 6.42 Å². The smallest absolute Gasteiger partial charge is 0.326 e. The third-order valence-electron chi connectivity index (χ3n) is 2.63. The molecule has 0 fully saturated rings. The molecule has 0 heterocycles. The zero-order valence-corrected chi connectivity index (χ0v) is 11.9. The van der Waals surface area contributed by atoms with E-state index in [0.717, 1.165) is 0 Å². The molecule has 3 nitrogen and oxygen atoms in total. The Morgan fingerprint density at radius 1 is 1.26 bits per heavy atom. The lowest BCUT2D eigenvalue weighted by molar-refractivity contribution is -0.161. The fraction of sp³-hybridized carbons (Fsp3) is 0.533. The molecule has 2 N–H and O–H groups in total. The first kappa shape index (κ1) is 15.6. The molecule has 1 rings (SSSR count). The van der Waals surface area contributed by atoms with Gasteiger partial charge in [0.05, 0.1) is 0 Å². The molecule has 2 unspecified atom stereocenters. The number of esters is 1. The number of rotatable bonds is 4. The van der Waals surface area contributed by atoms with Crippen molar-refractivity contribution >= 4 is 5.97 Å². The number of halogens is 1. The summed E-state index contributed by atoms with van der Waals surface area (Å²) in [6.07, 6.45) is -1.39. The van der Waals surface area contributed by atoms with Gasteiger partial charge < -0.3 is 10.5 Å². The molecular weight excluding hydrogens is 245 g/mol. The van der Waals surface area contributed by atoms with Gasteiger partial charge in [0.15, 0.2) is 0 Å². The van der Waals surface area contributed by atoms with Crippen molar-refractivity contribution < 1.29 is 13.9 Å². The van der Waals surface area contributed by atoms with Crippen LogP contribution in [0.2, 0.25) is 0 Å². The number of ether oxygens (including phenoxy) is 1. The normalized spacial score (nSPS) is 16.5. The van der Waals surface area contributed by atoms with E-state index in [-0.39, 0.29) is 6.42 Å². The molecule has 0 aromatic heterocycles. The van der Waals surface area contributed by atoms with Gasteiger partial charge in [-0.1, -0.05) is 30.3 Å². The van der Waals surface area contributed by atoms with Crippen LogP contribution in [0.1, 0.15) is 45.9 Å². The highest BCUT2D eigenvalue weighted by Crippen LogP contribution is 2.27. The van der Waals surface area contributed by atoms with Crippen LogP contribution in [0, 0.1) is 0 Å². The average molecular weight is 267 g/mol. The molecular formula is C15H22FNO2. The lowest BCUT2D eigenvalue weighted by atomic mass is 9.93. The Bertz CT molecular complexity index is 424. The number of alkyl halides is 1. The molecule has 0 aliphatic carbocycles. The summed E-state index contributed by atoms with van der Waals surface area (Å²) in [6, 6.07) is 8.67. The molecule has 0 saturated carbocycles. The first-order valence-corrected chi connectivity index (χ1v) is 6.33. The van der Waals surface area contributed by atoms with E-state index in [9.17, 15) is 9.18 Å². The van der Waals surface area contributed by atoms with Crippen LogP contribution in [0.25, 0.3) is 0 Å². The zero-order chi connectivity index (χ0) is 14.7. The van der Waals surface area contributed by atoms with Crippen LogP contribution in [0.15, 0.2) is 30.3 Å². The highest BCUT2D eigenvalue weighted by atomic mass is 19.1. The van der Waals surface area contributed by atoms with E-state index in [2.05, 4.69) is 0 Å². The maximum atomic E-state index is 14.1. The largest absolute Gasteiger partial charge is 0.459 e. The average Bonchev–Trinajstić information content (AvgIpc) is 2.27. The molecule has 1 aromatic carbocycles. The number of nitrogens with two attached hydrogens (primary N) is 1. The molecule has 0 aliphatic rings. The number of benzene rings is 1. The monoisotopic (exact) mass is 267 g/mol. The first-order chi connectivity index (χ1) is 8.62. The lowest BCUT2D eigenvalue weighted by Gasteiger charge is -2.29. The first-order valence-electron chi connectivity index (χ1n) is 6.33. The van der Waals surface area contributed by atoms with E-state index in [4.69, 9.17) is 10.5 Å². The van der Waals surface area contributed by atoms with Gasteiger partial charge >= 0.3 is 5.97 Å². The second-order valence-electron chi connectivity index (χ2n) is 6.00. The Morgan fingerprint density at radius 3 is 2.26 bits per heavy atom. The van der Waals surface area contributed by atoms with Crippen molar-refractivity contribution in [2.24, 2.45) is 5.73 Å². The van der Waals surface area contributed by atoms with Crippen molar-refractivity contribution in [3.8, 4) is 0 Å². The van der Waals surface area contributed by atoms with E-state index >= 15 is 0 Å². The van der Waals surface area contributed by atoms with Crippen LogP contribution in [-0.2, 0) is 9.53 Å². The minimum absolute atomic E-state index is 0.105. The fourth-order valence-electron chi connectivity index (χ4n) is 1.63. The van der Waals surface area contributed by atoms with E-state index in [1.54, 1.807) is 45.0 Å². The number of hydrogen-bond donors (Lipinski definition) is 1. The number of carbonyl (C=O) groups is 1. The van der Waals surface area contributed by atoms with Crippen LogP contribution in [0.3, 0.4) is 0 Å². The fourth-order valence-corrected chi connectivity index (χ4v) is 1.63. The molecule has 1 aromatic rings. The number of hydrogen-bond acceptors (Lipinski definition) is 3. The molecule has 0 amide bonds. The van der Waals surface area contributed by atoms with Crippen molar-refractivity contribution in [2.45, 2.75) is 51.4 Å². The molecule has 0 radical (unpaired) electrons. The summed E-state index contributed by atoms with van der Waals surface area (Å²) in [4.78, 5) is 11.9. The van der Waals surface area contributed by atoms with Gasteiger partial charge in [-0.3, -0.25) is 4.79 Å². The minimum Gasteiger partial charge on any atom is -0.459 e. The molecule has 0 aliphatic heterocycles. The van der Waals surface area contributed by atoms with Gasteiger partial charge in [-0.25, -0.2) is 4.39 Å². The lowest BCUT2D eigenvalue weighted by Crippen LogP contribution is -2.49. The Labute approximate surface area is 113 Å². The molecule has 0 spiro atoms. The van der Waals surface area contributed by atoms with E-state index < -0.39 is 23.3 Å². The zero-order valence-electron chi connectivity index (χ0n) is 11.9. The van der Waals surface area contributed by atoms with Gasteiger partial charge in [-0.05, 0) is 33.3 Å². The van der Waals surface area contributed by atoms with E-state index in [0.29, 0.717) is 5.56 Å². The van der Waals surface area contributed by atoms with Crippen LogP contribution in [0.4, 0.5) is 4.39 Å². The van der Waals surface area contributed by atoms with Crippen LogP contribution in [0.5, 0.6) is 0 Å². The summed E-state index contributed by atoms with van der Waals surface area (Å²) in [5.74, 6) is -0.585. The predicted octanol–water partition coefficient (Wildman–Crippen LogP) is 3.15. The van der Waals surface area contributed by atoms with Gasteiger partial charge in [0.1, 0.15) is 17.3 Å². The second kappa shape index (κ2) is 5.70. The molecule has 4 heteroatoms. The van der Waals surface area contributed by atoms with Gasteiger partial charge in [-0.2, -0.15) is 0 Å². The van der Waals surface area contributed by atoms with Crippen LogP contribution < -0.4 is 5.73 Å².